The maximum atomic E-state index is 6.06. The fraction of sp³-hybridized carbons (Fsp3) is 0.100. The lowest BCUT2D eigenvalue weighted by Gasteiger charge is -2.16. The van der Waals surface area contributed by atoms with Crippen LogP contribution in [0.15, 0.2) is 48.5 Å². The molecule has 0 radical (unpaired) electrons. The van der Waals surface area contributed by atoms with Crippen LogP contribution in [0.4, 0.5) is 22.7 Å². The Bertz CT molecular complexity index is 896. The third-order valence-electron chi connectivity index (χ3n) is 4.01. The molecule has 6 heteroatoms. The molecular formula is C20H22N4O2. The van der Waals surface area contributed by atoms with Gasteiger partial charge in [-0.3, -0.25) is 0 Å². The van der Waals surface area contributed by atoms with Gasteiger partial charge in [0.15, 0.2) is 11.5 Å². The zero-order chi connectivity index (χ0) is 18.8. The van der Waals surface area contributed by atoms with Gasteiger partial charge in [-0.2, -0.15) is 0 Å². The van der Waals surface area contributed by atoms with E-state index in [2.05, 4.69) is 0 Å². The van der Waals surface area contributed by atoms with Crippen LogP contribution in [0.3, 0.4) is 0 Å². The Morgan fingerprint density at radius 3 is 1.38 bits per heavy atom. The van der Waals surface area contributed by atoms with Crippen LogP contribution in [-0.2, 0) is 0 Å². The van der Waals surface area contributed by atoms with Gasteiger partial charge in [-0.15, -0.1) is 0 Å². The number of ether oxygens (including phenoxy) is 2. The Balaban J connectivity index is 1.96. The highest BCUT2D eigenvalue weighted by Gasteiger charge is 2.13. The van der Waals surface area contributed by atoms with Crippen LogP contribution >= 0.6 is 0 Å². The molecule has 0 aliphatic heterocycles. The van der Waals surface area contributed by atoms with Crippen molar-refractivity contribution in [1.29, 1.82) is 0 Å². The number of hydrogen-bond donors (Lipinski definition) is 4. The fourth-order valence-electron chi connectivity index (χ4n) is 2.46. The monoisotopic (exact) mass is 350 g/mol. The van der Waals surface area contributed by atoms with Crippen molar-refractivity contribution < 1.29 is 9.47 Å². The van der Waals surface area contributed by atoms with Crippen molar-refractivity contribution in [2.45, 2.75) is 13.8 Å². The summed E-state index contributed by atoms with van der Waals surface area (Å²) in [4.78, 5) is 0. The highest BCUT2D eigenvalue weighted by Crippen LogP contribution is 2.39. The molecule has 0 atom stereocenters. The number of nitrogen functional groups attached to an aromatic ring is 4. The third kappa shape index (κ3) is 3.59. The van der Waals surface area contributed by atoms with Gasteiger partial charge < -0.3 is 32.4 Å². The van der Waals surface area contributed by atoms with Crippen LogP contribution in [-0.4, -0.2) is 0 Å². The van der Waals surface area contributed by atoms with E-state index in [0.29, 0.717) is 45.7 Å². The van der Waals surface area contributed by atoms with E-state index in [1.54, 1.807) is 24.3 Å². The van der Waals surface area contributed by atoms with Gasteiger partial charge >= 0.3 is 0 Å². The fourth-order valence-corrected chi connectivity index (χ4v) is 2.46. The molecule has 0 saturated heterocycles. The Morgan fingerprint density at radius 2 is 0.962 bits per heavy atom. The van der Waals surface area contributed by atoms with E-state index in [0.717, 1.165) is 11.1 Å². The first-order chi connectivity index (χ1) is 12.3. The molecule has 3 aromatic rings. The summed E-state index contributed by atoms with van der Waals surface area (Å²) in [5.41, 5.74) is 27.7. The van der Waals surface area contributed by atoms with Gasteiger partial charge in [-0.25, -0.2) is 0 Å². The Kier molecular flexibility index (Phi) is 4.49. The molecule has 26 heavy (non-hydrogen) atoms. The van der Waals surface area contributed by atoms with Gasteiger partial charge in [0, 0.05) is 29.6 Å². The van der Waals surface area contributed by atoms with Gasteiger partial charge in [-0.1, -0.05) is 12.1 Å². The highest BCUT2D eigenvalue weighted by molar-refractivity contribution is 5.69. The molecule has 3 rings (SSSR count). The second-order valence-electron chi connectivity index (χ2n) is 6.18. The van der Waals surface area contributed by atoms with Crippen molar-refractivity contribution in [3.63, 3.8) is 0 Å². The second kappa shape index (κ2) is 6.76. The number of anilines is 4. The molecule has 6 nitrogen and oxygen atoms in total. The minimum absolute atomic E-state index is 0.404. The summed E-state index contributed by atoms with van der Waals surface area (Å²) in [7, 11) is 0. The highest BCUT2D eigenvalue weighted by atomic mass is 16.5. The van der Waals surface area contributed by atoms with Crippen molar-refractivity contribution in [2.24, 2.45) is 0 Å². The van der Waals surface area contributed by atoms with Crippen molar-refractivity contribution >= 4 is 22.7 Å². The predicted molar refractivity (Wildman–Crippen MR) is 107 cm³/mol. The maximum Gasteiger partial charge on any atom is 0.154 e. The Hall–Kier alpha value is -3.54. The van der Waals surface area contributed by atoms with E-state index in [-0.39, 0.29) is 0 Å². The molecule has 134 valence electrons. The van der Waals surface area contributed by atoms with E-state index in [4.69, 9.17) is 32.4 Å². The predicted octanol–water partition coefficient (Wildman–Crippen LogP) is 4.22. The molecule has 0 heterocycles. The Morgan fingerprint density at radius 1 is 0.538 bits per heavy atom. The quantitative estimate of drug-likeness (QED) is 0.523. The first-order valence-corrected chi connectivity index (χ1v) is 8.10. The van der Waals surface area contributed by atoms with Crippen molar-refractivity contribution in [3.05, 3.63) is 59.7 Å². The third-order valence-corrected chi connectivity index (χ3v) is 4.01. The lowest BCUT2D eigenvalue weighted by Crippen LogP contribution is -2.00. The Labute approximate surface area is 152 Å². The van der Waals surface area contributed by atoms with Crippen molar-refractivity contribution in [3.8, 4) is 23.0 Å². The summed E-state index contributed by atoms with van der Waals surface area (Å²) >= 11 is 0. The zero-order valence-electron chi connectivity index (χ0n) is 14.7. The summed E-state index contributed by atoms with van der Waals surface area (Å²) in [6.07, 6.45) is 0. The van der Waals surface area contributed by atoms with Gasteiger partial charge in [0.1, 0.15) is 11.5 Å². The molecule has 0 spiro atoms. The molecule has 3 aromatic carbocycles. The normalized spacial score (nSPS) is 10.5. The zero-order valence-corrected chi connectivity index (χ0v) is 14.7. The first-order valence-electron chi connectivity index (χ1n) is 8.10. The molecule has 0 aliphatic carbocycles. The van der Waals surface area contributed by atoms with Crippen LogP contribution in [0.25, 0.3) is 0 Å². The minimum atomic E-state index is 0.404. The summed E-state index contributed by atoms with van der Waals surface area (Å²) in [6, 6.07) is 14.1. The maximum absolute atomic E-state index is 6.06. The number of aryl methyl sites for hydroxylation is 2. The molecule has 0 unspecified atom stereocenters. The molecular weight excluding hydrogens is 328 g/mol. The molecule has 8 N–H and O–H groups in total. The van der Waals surface area contributed by atoms with E-state index >= 15 is 0 Å². The standard InChI is InChI=1S/C20H22N4O2/c1-11-3-5-13(21)7-17(11)25-19-10-20(16(24)9-15(19)23)26-18-8-14(22)6-4-12(18)2/h3-10H,21-24H2,1-2H3. The van der Waals surface area contributed by atoms with Gasteiger partial charge in [0.05, 0.1) is 11.4 Å². The minimum Gasteiger partial charge on any atom is -0.455 e. The molecule has 0 aliphatic rings. The number of benzene rings is 3. The SMILES string of the molecule is Cc1ccc(N)cc1Oc1cc(Oc2cc(N)ccc2C)c(N)cc1N. The van der Waals surface area contributed by atoms with Crippen LogP contribution in [0, 0.1) is 13.8 Å². The van der Waals surface area contributed by atoms with E-state index < -0.39 is 0 Å². The summed E-state index contributed by atoms with van der Waals surface area (Å²) in [6.45, 7) is 3.85. The molecule has 0 amide bonds. The largest absolute Gasteiger partial charge is 0.455 e. The number of nitrogens with two attached hydrogens (primary N) is 4. The lowest BCUT2D eigenvalue weighted by atomic mass is 10.2. The molecule has 0 aromatic heterocycles. The van der Waals surface area contributed by atoms with Gasteiger partial charge in [-0.05, 0) is 43.2 Å². The average molecular weight is 350 g/mol. The second-order valence-corrected chi connectivity index (χ2v) is 6.18. The summed E-state index contributed by atoms with van der Waals surface area (Å²) in [5, 5.41) is 0. The lowest BCUT2D eigenvalue weighted by molar-refractivity contribution is 0.460. The molecule has 0 fully saturated rings. The van der Waals surface area contributed by atoms with E-state index in [9.17, 15) is 0 Å². The van der Waals surface area contributed by atoms with E-state index in [1.807, 2.05) is 38.1 Å². The molecule has 0 bridgehead atoms. The van der Waals surface area contributed by atoms with Crippen molar-refractivity contribution in [1.82, 2.24) is 0 Å². The number of rotatable bonds is 4. The van der Waals surface area contributed by atoms with Gasteiger partial charge in [0.2, 0.25) is 0 Å². The van der Waals surface area contributed by atoms with Crippen LogP contribution < -0.4 is 32.4 Å². The van der Waals surface area contributed by atoms with E-state index in [1.165, 1.54) is 0 Å². The molecule has 0 saturated carbocycles. The van der Waals surface area contributed by atoms with Crippen molar-refractivity contribution in [2.75, 3.05) is 22.9 Å². The van der Waals surface area contributed by atoms with Crippen LogP contribution in [0.2, 0.25) is 0 Å². The first kappa shape index (κ1) is 17.3. The van der Waals surface area contributed by atoms with Crippen LogP contribution in [0.5, 0.6) is 23.0 Å². The van der Waals surface area contributed by atoms with Gasteiger partial charge in [0.25, 0.3) is 0 Å². The smallest absolute Gasteiger partial charge is 0.154 e. The number of hydrogen-bond acceptors (Lipinski definition) is 6. The topological polar surface area (TPSA) is 123 Å². The van der Waals surface area contributed by atoms with Crippen LogP contribution in [0.1, 0.15) is 11.1 Å². The average Bonchev–Trinajstić information content (AvgIpc) is 2.58. The summed E-state index contributed by atoms with van der Waals surface area (Å²) in [5.74, 6) is 2.11. The summed E-state index contributed by atoms with van der Waals surface area (Å²) < 4.78 is 11.9.